The topological polar surface area (TPSA) is 50.1 Å². The molecule has 3 rings (SSSR count). The zero-order valence-electron chi connectivity index (χ0n) is 17.2. The number of rotatable bonds is 7. The first kappa shape index (κ1) is 23.4. The molecule has 0 spiro atoms. The summed E-state index contributed by atoms with van der Waals surface area (Å²) in [6.07, 6.45) is -4.02. The van der Waals surface area contributed by atoms with Crippen molar-refractivity contribution >= 4 is 16.9 Å². The van der Waals surface area contributed by atoms with Crippen LogP contribution in [0.25, 0.3) is 0 Å². The summed E-state index contributed by atoms with van der Waals surface area (Å²) < 4.78 is 44.3. The molecular formula is C25H20F3NO2S. The van der Waals surface area contributed by atoms with Gasteiger partial charge in [-0.2, -0.15) is 18.4 Å². The Labute approximate surface area is 188 Å². The minimum Gasteiger partial charge on any atom is -0.457 e. The van der Waals surface area contributed by atoms with Gasteiger partial charge in [-0.1, -0.05) is 61.2 Å². The zero-order chi connectivity index (χ0) is 23.1. The van der Waals surface area contributed by atoms with Crippen LogP contribution in [0.5, 0.6) is 11.5 Å². The smallest absolute Gasteiger partial charge is 0.416 e. The molecule has 0 N–H and O–H groups in total. The maximum absolute atomic E-state index is 12.9. The van der Waals surface area contributed by atoms with Crippen molar-refractivity contribution in [2.45, 2.75) is 30.7 Å². The summed E-state index contributed by atoms with van der Waals surface area (Å²) >= 11 is 0.872. The van der Waals surface area contributed by atoms with Gasteiger partial charge in [0, 0.05) is 0 Å². The Morgan fingerprint density at radius 2 is 1.62 bits per heavy atom. The number of thioether (sulfide) groups is 1. The van der Waals surface area contributed by atoms with Crippen LogP contribution in [-0.2, 0) is 11.0 Å². The van der Waals surface area contributed by atoms with Gasteiger partial charge in [-0.3, -0.25) is 4.79 Å². The molecule has 32 heavy (non-hydrogen) atoms. The van der Waals surface area contributed by atoms with Crippen LogP contribution in [0.2, 0.25) is 0 Å². The highest BCUT2D eigenvalue weighted by atomic mass is 32.2. The number of hydrogen-bond acceptors (Lipinski definition) is 4. The van der Waals surface area contributed by atoms with Crippen LogP contribution in [0, 0.1) is 11.3 Å². The van der Waals surface area contributed by atoms with E-state index in [1.54, 1.807) is 31.2 Å². The number of alkyl halides is 3. The third kappa shape index (κ3) is 5.92. The Hall–Kier alpha value is -3.24. The van der Waals surface area contributed by atoms with E-state index in [1.165, 1.54) is 12.1 Å². The predicted molar refractivity (Wildman–Crippen MR) is 118 cm³/mol. The van der Waals surface area contributed by atoms with E-state index in [0.717, 1.165) is 23.9 Å². The van der Waals surface area contributed by atoms with E-state index in [9.17, 15) is 23.2 Å². The number of nitrogens with zero attached hydrogens (tertiary/aromatic N) is 1. The summed E-state index contributed by atoms with van der Waals surface area (Å²) in [4.78, 5) is 12.9. The summed E-state index contributed by atoms with van der Waals surface area (Å²) in [7, 11) is 0. The summed E-state index contributed by atoms with van der Waals surface area (Å²) in [5.41, 5.74) is 0.346. The van der Waals surface area contributed by atoms with E-state index in [-0.39, 0.29) is 5.12 Å². The number of halogens is 3. The van der Waals surface area contributed by atoms with Crippen molar-refractivity contribution in [2.24, 2.45) is 0 Å². The fourth-order valence-corrected chi connectivity index (χ4v) is 4.21. The van der Waals surface area contributed by atoms with Crippen LogP contribution >= 0.6 is 11.8 Å². The van der Waals surface area contributed by atoms with Crippen molar-refractivity contribution in [1.29, 1.82) is 5.26 Å². The number of hydrogen-bond donors (Lipinski definition) is 0. The summed E-state index contributed by atoms with van der Waals surface area (Å²) in [6.45, 7) is 1.79. The van der Waals surface area contributed by atoms with Crippen LogP contribution < -0.4 is 4.74 Å². The Balaban J connectivity index is 1.75. The molecule has 0 saturated heterocycles. The quantitative estimate of drug-likeness (QED) is 0.370. The lowest BCUT2D eigenvalue weighted by Gasteiger charge is -2.17. The second-order valence-corrected chi connectivity index (χ2v) is 8.12. The molecule has 0 aromatic heterocycles. The van der Waals surface area contributed by atoms with E-state index in [0.29, 0.717) is 29.0 Å². The van der Waals surface area contributed by atoms with Crippen molar-refractivity contribution in [3.63, 3.8) is 0 Å². The highest BCUT2D eigenvalue weighted by molar-refractivity contribution is 8.14. The lowest BCUT2D eigenvalue weighted by Crippen LogP contribution is -2.11. The Kier molecular flexibility index (Phi) is 7.60. The summed E-state index contributed by atoms with van der Waals surface area (Å²) in [5, 5.41) is 8.63. The van der Waals surface area contributed by atoms with Crippen LogP contribution in [0.3, 0.4) is 0 Å². The molecule has 0 aliphatic rings. The fourth-order valence-electron chi connectivity index (χ4n) is 3.18. The Morgan fingerprint density at radius 3 is 2.22 bits per heavy atom. The molecule has 7 heteroatoms. The Bertz CT molecular complexity index is 1090. The molecule has 3 aromatic rings. The molecule has 0 aliphatic heterocycles. The molecular weight excluding hydrogens is 435 g/mol. The molecule has 0 aliphatic carbocycles. The number of ether oxygens (including phenoxy) is 1. The largest absolute Gasteiger partial charge is 0.457 e. The van der Waals surface area contributed by atoms with Crippen LogP contribution in [-0.4, -0.2) is 5.12 Å². The summed E-state index contributed by atoms with van der Waals surface area (Å²) in [5.74, 6) is 0.578. The standard InChI is InChI=1S/C25H20F3NO2S/c1-2-22(17-11-13-19(14-12-17)25(26,27)28)24(30)32-23(16-29)18-7-6-10-21(15-18)31-20-8-4-3-5-9-20/h3-15,22-23H,2H2,1H3. The average molecular weight is 456 g/mol. The second-order valence-electron chi connectivity index (χ2n) is 7.01. The van der Waals surface area contributed by atoms with Gasteiger partial charge in [-0.15, -0.1) is 0 Å². The van der Waals surface area contributed by atoms with Gasteiger partial charge in [0.25, 0.3) is 0 Å². The van der Waals surface area contributed by atoms with E-state index >= 15 is 0 Å². The molecule has 0 bridgehead atoms. The van der Waals surface area contributed by atoms with E-state index in [4.69, 9.17) is 4.74 Å². The molecule has 0 saturated carbocycles. The lowest BCUT2D eigenvalue weighted by atomic mass is 9.97. The van der Waals surface area contributed by atoms with Crippen LogP contribution in [0.1, 0.15) is 41.2 Å². The zero-order valence-corrected chi connectivity index (χ0v) is 18.0. The van der Waals surface area contributed by atoms with E-state index in [2.05, 4.69) is 6.07 Å². The Morgan fingerprint density at radius 1 is 0.969 bits per heavy atom. The van der Waals surface area contributed by atoms with Gasteiger partial charge >= 0.3 is 6.18 Å². The van der Waals surface area contributed by atoms with E-state index < -0.39 is 22.9 Å². The highest BCUT2D eigenvalue weighted by Crippen LogP contribution is 2.37. The minimum absolute atomic E-state index is 0.270. The lowest BCUT2D eigenvalue weighted by molar-refractivity contribution is -0.137. The third-order valence-corrected chi connectivity index (χ3v) is 5.95. The average Bonchev–Trinajstić information content (AvgIpc) is 2.78. The molecule has 164 valence electrons. The summed E-state index contributed by atoms with van der Waals surface area (Å²) in [6, 6.07) is 22.9. The van der Waals surface area contributed by atoms with Gasteiger partial charge in [-0.05, 0) is 53.9 Å². The van der Waals surface area contributed by atoms with Crippen molar-refractivity contribution in [3.8, 4) is 17.6 Å². The predicted octanol–water partition coefficient (Wildman–Crippen LogP) is 7.52. The molecule has 0 amide bonds. The molecule has 0 heterocycles. The van der Waals surface area contributed by atoms with Gasteiger partial charge in [0.2, 0.25) is 0 Å². The molecule has 2 atom stereocenters. The maximum Gasteiger partial charge on any atom is 0.416 e. The first-order chi connectivity index (χ1) is 15.3. The van der Waals surface area contributed by atoms with Crippen molar-refractivity contribution in [2.75, 3.05) is 0 Å². The number of carbonyl (C=O) groups excluding carboxylic acids is 1. The van der Waals surface area contributed by atoms with Gasteiger partial charge in [-0.25, -0.2) is 0 Å². The first-order valence-electron chi connectivity index (χ1n) is 9.92. The maximum atomic E-state index is 12.9. The molecule has 3 nitrogen and oxygen atoms in total. The van der Waals surface area contributed by atoms with Gasteiger partial charge < -0.3 is 4.74 Å². The van der Waals surface area contributed by atoms with Crippen molar-refractivity contribution in [1.82, 2.24) is 0 Å². The molecule has 2 unspecified atom stereocenters. The normalized spacial score (nSPS) is 13.1. The number of nitriles is 1. The number of para-hydroxylation sites is 1. The molecule has 0 radical (unpaired) electrons. The molecule has 0 fully saturated rings. The molecule has 3 aromatic carbocycles. The van der Waals surface area contributed by atoms with Gasteiger partial charge in [0.1, 0.15) is 16.7 Å². The van der Waals surface area contributed by atoms with Crippen LogP contribution in [0.15, 0.2) is 78.9 Å². The van der Waals surface area contributed by atoms with Gasteiger partial charge in [0.05, 0.1) is 17.6 Å². The number of carbonyl (C=O) groups is 1. The minimum atomic E-state index is -4.43. The third-order valence-electron chi connectivity index (χ3n) is 4.82. The fraction of sp³-hybridized carbons (Fsp3) is 0.200. The highest BCUT2D eigenvalue weighted by Gasteiger charge is 2.31. The monoisotopic (exact) mass is 455 g/mol. The van der Waals surface area contributed by atoms with Crippen LogP contribution in [0.4, 0.5) is 13.2 Å². The first-order valence-corrected chi connectivity index (χ1v) is 10.8. The van der Waals surface area contributed by atoms with E-state index in [1.807, 2.05) is 30.3 Å². The second kappa shape index (κ2) is 10.4. The van der Waals surface area contributed by atoms with Crippen molar-refractivity contribution in [3.05, 3.63) is 95.6 Å². The SMILES string of the molecule is CCC(C(=O)SC(C#N)c1cccc(Oc2ccccc2)c1)c1ccc(C(F)(F)F)cc1. The van der Waals surface area contributed by atoms with Crippen molar-refractivity contribution < 1.29 is 22.7 Å². The van der Waals surface area contributed by atoms with Gasteiger partial charge in [0.15, 0.2) is 5.12 Å². The number of benzene rings is 3.